The molecule has 2 aliphatic rings. The molecule has 1 spiro atoms. The topological polar surface area (TPSA) is 9.23 Å². The van der Waals surface area contributed by atoms with Crippen molar-refractivity contribution in [3.63, 3.8) is 0 Å². The smallest absolute Gasteiger partial charge is 0.132 e. The van der Waals surface area contributed by atoms with Crippen LogP contribution in [0.5, 0.6) is 11.5 Å². The van der Waals surface area contributed by atoms with Crippen molar-refractivity contribution < 1.29 is 4.74 Å². The summed E-state index contributed by atoms with van der Waals surface area (Å²) in [6.45, 7) is 3.92. The number of rotatable bonds is 1. The molecule has 6 rings (SSSR count). The fourth-order valence-electron chi connectivity index (χ4n) is 5.02. The largest absolute Gasteiger partial charge is 0.457 e. The Labute approximate surface area is 174 Å². The van der Waals surface area contributed by atoms with Crippen LogP contribution in [-0.4, -0.2) is 0 Å². The van der Waals surface area contributed by atoms with Crippen molar-refractivity contribution in [1.82, 2.24) is 0 Å². The summed E-state index contributed by atoms with van der Waals surface area (Å²) >= 11 is 6.50. The van der Waals surface area contributed by atoms with Gasteiger partial charge in [0, 0.05) is 16.1 Å². The Morgan fingerprint density at radius 3 is 2.07 bits per heavy atom. The van der Waals surface area contributed by atoms with Crippen LogP contribution in [0, 0.1) is 0 Å². The second-order valence-corrected chi connectivity index (χ2v) is 7.98. The maximum absolute atomic E-state index is 6.50. The van der Waals surface area contributed by atoms with Gasteiger partial charge < -0.3 is 4.74 Å². The fraction of sp³-hybridized carbons (Fsp3) is 0.0370. The van der Waals surface area contributed by atoms with E-state index < -0.39 is 5.41 Å². The first-order chi connectivity index (χ1) is 14.2. The van der Waals surface area contributed by atoms with Crippen molar-refractivity contribution in [2.75, 3.05) is 0 Å². The third kappa shape index (κ3) is 2.06. The summed E-state index contributed by atoms with van der Waals surface area (Å²) in [5.74, 6) is 1.71. The van der Waals surface area contributed by atoms with Crippen LogP contribution < -0.4 is 4.74 Å². The van der Waals surface area contributed by atoms with Gasteiger partial charge in [-0.1, -0.05) is 84.9 Å². The first kappa shape index (κ1) is 16.6. The van der Waals surface area contributed by atoms with E-state index in [0.717, 1.165) is 28.2 Å². The summed E-state index contributed by atoms with van der Waals surface area (Å²) < 4.78 is 6.39. The molecule has 1 aliphatic carbocycles. The number of hydrogen-bond acceptors (Lipinski definition) is 1. The Morgan fingerprint density at radius 1 is 0.690 bits per heavy atom. The zero-order valence-corrected chi connectivity index (χ0v) is 16.4. The lowest BCUT2D eigenvalue weighted by molar-refractivity contribution is 0.436. The van der Waals surface area contributed by atoms with E-state index in [4.69, 9.17) is 16.3 Å². The molecule has 4 aromatic rings. The van der Waals surface area contributed by atoms with Crippen molar-refractivity contribution in [3.8, 4) is 22.6 Å². The van der Waals surface area contributed by atoms with E-state index in [1.54, 1.807) is 0 Å². The van der Waals surface area contributed by atoms with Gasteiger partial charge in [0.15, 0.2) is 0 Å². The van der Waals surface area contributed by atoms with Gasteiger partial charge in [-0.3, -0.25) is 0 Å². The van der Waals surface area contributed by atoms with Gasteiger partial charge in [-0.25, -0.2) is 0 Å². The fourth-order valence-corrected chi connectivity index (χ4v) is 5.20. The second-order valence-electron chi connectivity index (χ2n) is 7.54. The van der Waals surface area contributed by atoms with E-state index >= 15 is 0 Å². The number of ether oxygens (including phenoxy) is 1. The normalized spacial score (nSPS) is 14.4. The van der Waals surface area contributed by atoms with E-state index in [1.807, 2.05) is 18.2 Å². The summed E-state index contributed by atoms with van der Waals surface area (Å²) in [5.41, 5.74) is 7.85. The van der Waals surface area contributed by atoms with Crippen molar-refractivity contribution >= 4 is 17.7 Å². The van der Waals surface area contributed by atoms with Crippen molar-refractivity contribution in [3.05, 3.63) is 124 Å². The first-order valence-electron chi connectivity index (χ1n) is 9.67. The zero-order valence-electron chi connectivity index (χ0n) is 15.7. The summed E-state index contributed by atoms with van der Waals surface area (Å²) in [6, 6.07) is 29.6. The summed E-state index contributed by atoms with van der Waals surface area (Å²) in [4.78, 5) is 0. The molecule has 4 aromatic carbocycles. The lowest BCUT2D eigenvalue weighted by Crippen LogP contribution is -2.32. The number of fused-ring (bicyclic) bond motifs is 9. The summed E-state index contributed by atoms with van der Waals surface area (Å²) in [6.07, 6.45) is 1.85. The number of benzene rings is 4. The van der Waals surface area contributed by atoms with Crippen LogP contribution >= 0.6 is 11.6 Å². The van der Waals surface area contributed by atoms with E-state index in [-0.39, 0.29) is 0 Å². The van der Waals surface area contributed by atoms with Gasteiger partial charge in [0.2, 0.25) is 0 Å². The molecule has 0 N–H and O–H groups in total. The van der Waals surface area contributed by atoms with E-state index in [1.165, 1.54) is 22.3 Å². The lowest BCUT2D eigenvalue weighted by Gasteiger charge is -2.39. The summed E-state index contributed by atoms with van der Waals surface area (Å²) in [5, 5.41) is 0.708. The molecule has 1 aliphatic heterocycles. The third-order valence-electron chi connectivity index (χ3n) is 6.16. The van der Waals surface area contributed by atoms with Crippen LogP contribution in [-0.2, 0) is 5.41 Å². The average Bonchev–Trinajstić information content (AvgIpc) is 3.06. The molecule has 0 saturated carbocycles. The van der Waals surface area contributed by atoms with Gasteiger partial charge in [-0.05, 0) is 52.1 Å². The van der Waals surface area contributed by atoms with Crippen molar-refractivity contribution in [2.24, 2.45) is 0 Å². The van der Waals surface area contributed by atoms with Crippen molar-refractivity contribution in [2.45, 2.75) is 5.41 Å². The molecule has 0 saturated heterocycles. The average molecular weight is 393 g/mol. The first-order valence-corrected chi connectivity index (χ1v) is 10.1. The van der Waals surface area contributed by atoms with Crippen LogP contribution in [0.15, 0.2) is 91.5 Å². The monoisotopic (exact) mass is 392 g/mol. The molecule has 0 atom stereocenters. The Kier molecular flexibility index (Phi) is 3.36. The predicted molar refractivity (Wildman–Crippen MR) is 119 cm³/mol. The zero-order chi connectivity index (χ0) is 19.6. The van der Waals surface area contributed by atoms with Gasteiger partial charge in [-0.2, -0.15) is 0 Å². The number of halogens is 1. The molecule has 0 radical (unpaired) electrons. The summed E-state index contributed by atoms with van der Waals surface area (Å²) in [7, 11) is 0. The van der Waals surface area contributed by atoms with E-state index in [2.05, 4.69) is 79.4 Å². The highest BCUT2D eigenvalue weighted by atomic mass is 35.5. The molecular formula is C27H17ClO. The van der Waals surface area contributed by atoms with Gasteiger partial charge in [0.25, 0.3) is 0 Å². The molecule has 0 bridgehead atoms. The number of hydrogen-bond donors (Lipinski definition) is 0. The molecular weight excluding hydrogens is 376 g/mol. The minimum atomic E-state index is -0.458. The van der Waals surface area contributed by atoms with E-state index in [9.17, 15) is 0 Å². The quantitative estimate of drug-likeness (QED) is 0.282. The van der Waals surface area contributed by atoms with Gasteiger partial charge in [0.05, 0.1) is 5.41 Å². The molecule has 1 heterocycles. The molecule has 138 valence electrons. The highest BCUT2D eigenvalue weighted by Gasteiger charge is 2.50. The molecule has 2 heteroatoms. The Balaban J connectivity index is 1.83. The standard InChI is InChI=1S/C27H17ClO/c1-2-17-11-13-23-26(15-17)29-25-14-12-18(28)16-24(25)27(23)21-9-5-3-7-19(21)20-8-4-6-10-22(20)27/h2-16H,1H2. The van der Waals surface area contributed by atoms with Gasteiger partial charge in [-0.15, -0.1) is 0 Å². The van der Waals surface area contributed by atoms with Crippen molar-refractivity contribution in [1.29, 1.82) is 0 Å². The van der Waals surface area contributed by atoms with Crippen LogP contribution in [0.3, 0.4) is 0 Å². The molecule has 0 fully saturated rings. The molecule has 0 amide bonds. The molecule has 0 unspecified atom stereocenters. The third-order valence-corrected chi connectivity index (χ3v) is 6.40. The van der Waals surface area contributed by atoms with E-state index in [0.29, 0.717) is 5.02 Å². The molecule has 1 nitrogen and oxygen atoms in total. The van der Waals surface area contributed by atoms with Crippen LogP contribution in [0.25, 0.3) is 17.2 Å². The maximum Gasteiger partial charge on any atom is 0.132 e. The predicted octanol–water partition coefficient (Wildman–Crippen LogP) is 7.45. The SMILES string of the molecule is C=Cc1ccc2c(c1)Oc1ccc(Cl)cc1C21c2ccccc2-c2ccccc21. The van der Waals surface area contributed by atoms with Crippen LogP contribution in [0.1, 0.15) is 27.8 Å². The second kappa shape index (κ2) is 5.85. The Bertz CT molecular complexity index is 1270. The minimum Gasteiger partial charge on any atom is -0.457 e. The maximum atomic E-state index is 6.50. The Morgan fingerprint density at radius 2 is 1.38 bits per heavy atom. The minimum absolute atomic E-state index is 0.458. The molecule has 29 heavy (non-hydrogen) atoms. The van der Waals surface area contributed by atoms with Crippen LogP contribution in [0.2, 0.25) is 5.02 Å². The highest BCUT2D eigenvalue weighted by molar-refractivity contribution is 6.30. The highest BCUT2D eigenvalue weighted by Crippen LogP contribution is 2.62. The van der Waals surface area contributed by atoms with Crippen LogP contribution in [0.4, 0.5) is 0 Å². The van der Waals surface area contributed by atoms with Gasteiger partial charge in [0.1, 0.15) is 11.5 Å². The Hall–Kier alpha value is -3.29. The molecule has 0 aromatic heterocycles. The lowest BCUT2D eigenvalue weighted by atomic mass is 9.66. The van der Waals surface area contributed by atoms with Gasteiger partial charge >= 0.3 is 0 Å².